The van der Waals surface area contributed by atoms with E-state index in [9.17, 15) is 4.79 Å². The maximum absolute atomic E-state index is 13.8. The summed E-state index contributed by atoms with van der Waals surface area (Å²) in [6.45, 7) is 0. The van der Waals surface area contributed by atoms with E-state index in [1.165, 1.54) is 0 Å². The molecule has 0 bridgehead atoms. The summed E-state index contributed by atoms with van der Waals surface area (Å²) in [7, 11) is 0. The van der Waals surface area contributed by atoms with Crippen molar-refractivity contribution in [2.24, 2.45) is 0 Å². The minimum absolute atomic E-state index is 0.0326. The molecule has 0 fully saturated rings. The Morgan fingerprint density at radius 1 is 0.576 bits per heavy atom. The average Bonchev–Trinajstić information content (AvgIpc) is 3.23. The Labute approximate surface area is 192 Å². The fourth-order valence-corrected chi connectivity index (χ4v) is 4.55. The van der Waals surface area contributed by atoms with E-state index in [2.05, 4.69) is 24.3 Å². The maximum Gasteiger partial charge on any atom is 0.197 e. The van der Waals surface area contributed by atoms with Gasteiger partial charge in [0.25, 0.3) is 0 Å². The third kappa shape index (κ3) is 3.24. The molecule has 0 aromatic heterocycles. The molecule has 6 rings (SSSR count). The third-order valence-corrected chi connectivity index (χ3v) is 6.08. The highest BCUT2D eigenvalue weighted by atomic mass is 16.3. The standard InChI is InChI=1S/C31H20O2/c32-30(23-16-8-3-9-17-23)29-25-19-11-10-18-24(25)28-26(21-12-4-1-5-13-21)20-27(33-31(28)29)22-14-6-2-7-15-22/h1-20H. The third-order valence-electron chi connectivity index (χ3n) is 6.08. The van der Waals surface area contributed by atoms with E-state index in [0.717, 1.165) is 38.8 Å². The van der Waals surface area contributed by atoms with Gasteiger partial charge in [0.1, 0.15) is 11.5 Å². The van der Waals surface area contributed by atoms with Crippen LogP contribution in [0.2, 0.25) is 0 Å². The van der Waals surface area contributed by atoms with Gasteiger partial charge in [0, 0.05) is 16.7 Å². The van der Waals surface area contributed by atoms with E-state index >= 15 is 0 Å². The van der Waals surface area contributed by atoms with E-state index in [1.54, 1.807) is 0 Å². The minimum atomic E-state index is -0.0326. The lowest BCUT2D eigenvalue weighted by Crippen LogP contribution is -2.02. The monoisotopic (exact) mass is 424 g/mol. The number of ketones is 1. The van der Waals surface area contributed by atoms with Crippen LogP contribution in [0.5, 0.6) is 0 Å². The number of benzene rings is 4. The number of hydrogen-bond donors (Lipinski definition) is 0. The quantitative estimate of drug-likeness (QED) is 0.268. The van der Waals surface area contributed by atoms with Gasteiger partial charge in [0.15, 0.2) is 5.78 Å². The minimum Gasteiger partial charge on any atom is -0.455 e. The molecule has 0 atom stereocenters. The van der Waals surface area contributed by atoms with Crippen LogP contribution in [-0.2, 0) is 0 Å². The predicted octanol–water partition coefficient (Wildman–Crippen LogP) is 8.10. The highest BCUT2D eigenvalue weighted by Crippen LogP contribution is 2.47. The van der Waals surface area contributed by atoms with Gasteiger partial charge in [-0.3, -0.25) is 4.79 Å². The van der Waals surface area contributed by atoms with Crippen LogP contribution in [0.3, 0.4) is 0 Å². The van der Waals surface area contributed by atoms with Crippen molar-refractivity contribution in [1.29, 1.82) is 0 Å². The molecule has 0 N–H and O–H groups in total. The van der Waals surface area contributed by atoms with Gasteiger partial charge in [-0.1, -0.05) is 115 Å². The summed E-state index contributed by atoms with van der Waals surface area (Å²) >= 11 is 0. The van der Waals surface area contributed by atoms with Gasteiger partial charge in [-0.2, -0.15) is 0 Å². The molecule has 0 radical (unpaired) electrons. The molecule has 4 aromatic rings. The van der Waals surface area contributed by atoms with Crippen LogP contribution in [0.25, 0.3) is 44.5 Å². The van der Waals surface area contributed by atoms with Crippen molar-refractivity contribution in [2.75, 3.05) is 0 Å². The fraction of sp³-hybridized carbons (Fsp3) is 0. The summed E-state index contributed by atoms with van der Waals surface area (Å²) in [5.41, 5.74) is 5.35. The molecule has 0 saturated carbocycles. The first-order valence-corrected chi connectivity index (χ1v) is 11.0. The van der Waals surface area contributed by atoms with Crippen molar-refractivity contribution in [1.82, 2.24) is 0 Å². The summed E-state index contributed by atoms with van der Waals surface area (Å²) in [5.74, 6) is 1.33. The zero-order valence-corrected chi connectivity index (χ0v) is 17.9. The zero-order chi connectivity index (χ0) is 22.2. The molecule has 1 aliphatic heterocycles. The van der Waals surface area contributed by atoms with E-state index in [1.807, 2.05) is 97.1 Å². The molecule has 156 valence electrons. The van der Waals surface area contributed by atoms with E-state index in [-0.39, 0.29) is 5.78 Å². The molecule has 4 aromatic carbocycles. The molecule has 2 heteroatoms. The van der Waals surface area contributed by atoms with Crippen molar-refractivity contribution in [3.63, 3.8) is 0 Å². The lowest BCUT2D eigenvalue weighted by Gasteiger charge is -2.14. The lowest BCUT2D eigenvalue weighted by molar-refractivity contribution is 0.104. The summed E-state index contributed by atoms with van der Waals surface area (Å²) in [6, 6.07) is 39.9. The smallest absolute Gasteiger partial charge is 0.197 e. The second kappa shape index (κ2) is 7.92. The number of fused-ring (bicyclic) bond motifs is 3. The molecule has 0 spiro atoms. The number of hydrogen-bond acceptors (Lipinski definition) is 2. The molecule has 2 aliphatic rings. The number of carbonyl (C=O) groups is 1. The van der Waals surface area contributed by atoms with Crippen molar-refractivity contribution >= 4 is 16.6 Å². The summed E-state index contributed by atoms with van der Waals surface area (Å²) in [4.78, 5) is 13.8. The molecule has 33 heavy (non-hydrogen) atoms. The van der Waals surface area contributed by atoms with Crippen LogP contribution in [0.15, 0.2) is 126 Å². The SMILES string of the molecule is O=C(c1ccccc1)c1c2oc(-c3ccccc3)cc(-c3ccccc3)c-2c2ccccc12. The Hall–Kier alpha value is -4.43. The van der Waals surface area contributed by atoms with E-state index in [0.29, 0.717) is 16.9 Å². The lowest BCUT2D eigenvalue weighted by atomic mass is 9.95. The Morgan fingerprint density at radius 2 is 1.12 bits per heavy atom. The van der Waals surface area contributed by atoms with E-state index < -0.39 is 0 Å². The predicted molar refractivity (Wildman–Crippen MR) is 134 cm³/mol. The van der Waals surface area contributed by atoms with Crippen LogP contribution >= 0.6 is 0 Å². The van der Waals surface area contributed by atoms with Crippen molar-refractivity contribution in [3.8, 4) is 33.8 Å². The molecular weight excluding hydrogens is 404 g/mol. The highest BCUT2D eigenvalue weighted by molar-refractivity contribution is 6.25. The van der Waals surface area contributed by atoms with Crippen molar-refractivity contribution < 1.29 is 9.21 Å². The van der Waals surface area contributed by atoms with Gasteiger partial charge in [-0.25, -0.2) is 0 Å². The highest BCUT2D eigenvalue weighted by Gasteiger charge is 2.29. The summed E-state index contributed by atoms with van der Waals surface area (Å²) < 4.78 is 6.55. The second-order valence-electron chi connectivity index (χ2n) is 8.08. The van der Waals surface area contributed by atoms with Gasteiger partial charge in [0.05, 0.1) is 5.56 Å². The number of carbonyl (C=O) groups excluding carboxylic acids is 1. The fourth-order valence-electron chi connectivity index (χ4n) is 4.55. The van der Waals surface area contributed by atoms with Crippen LogP contribution < -0.4 is 0 Å². The number of rotatable bonds is 4. The van der Waals surface area contributed by atoms with Crippen LogP contribution in [0.4, 0.5) is 0 Å². The summed E-state index contributed by atoms with van der Waals surface area (Å²) in [6.07, 6.45) is 0. The average molecular weight is 424 g/mol. The second-order valence-corrected chi connectivity index (χ2v) is 8.08. The molecule has 1 aliphatic carbocycles. The van der Waals surface area contributed by atoms with Gasteiger partial charge in [-0.15, -0.1) is 0 Å². The van der Waals surface area contributed by atoms with Crippen LogP contribution in [-0.4, -0.2) is 5.78 Å². The first kappa shape index (κ1) is 19.3. The summed E-state index contributed by atoms with van der Waals surface area (Å²) in [5, 5.41) is 1.93. The van der Waals surface area contributed by atoms with Gasteiger partial charge in [-0.05, 0) is 28.0 Å². The molecular formula is C31H20O2. The Kier molecular flexibility index (Phi) is 4.63. The largest absolute Gasteiger partial charge is 0.455 e. The molecule has 0 amide bonds. The van der Waals surface area contributed by atoms with Crippen molar-refractivity contribution in [3.05, 3.63) is 132 Å². The normalized spacial score (nSPS) is 11.2. The Balaban J connectivity index is 1.73. The van der Waals surface area contributed by atoms with Crippen LogP contribution in [0.1, 0.15) is 15.9 Å². The molecule has 0 unspecified atom stereocenters. The van der Waals surface area contributed by atoms with Gasteiger partial charge in [0.2, 0.25) is 0 Å². The van der Waals surface area contributed by atoms with Crippen LogP contribution in [0, 0.1) is 0 Å². The molecule has 1 heterocycles. The topological polar surface area (TPSA) is 30.2 Å². The molecule has 2 nitrogen and oxygen atoms in total. The maximum atomic E-state index is 13.8. The zero-order valence-electron chi connectivity index (χ0n) is 17.9. The van der Waals surface area contributed by atoms with Crippen molar-refractivity contribution in [2.45, 2.75) is 0 Å². The Bertz CT molecular complexity index is 1550. The Morgan fingerprint density at radius 3 is 1.79 bits per heavy atom. The van der Waals surface area contributed by atoms with Gasteiger partial charge >= 0.3 is 0 Å². The van der Waals surface area contributed by atoms with Gasteiger partial charge < -0.3 is 4.42 Å². The van der Waals surface area contributed by atoms with E-state index in [4.69, 9.17) is 4.42 Å². The molecule has 0 saturated heterocycles. The first-order chi connectivity index (χ1) is 16.3. The first-order valence-electron chi connectivity index (χ1n) is 11.0.